The maximum atomic E-state index is 6.00. The Morgan fingerprint density at radius 1 is 1.10 bits per heavy atom. The number of rotatable bonds is 4. The number of nitrogens with two attached hydrogens (primary N) is 1. The van der Waals surface area contributed by atoms with Crippen molar-refractivity contribution in [1.82, 2.24) is 4.90 Å². The molecular formula is C17H29N3O. The molecule has 1 unspecified atom stereocenters. The van der Waals surface area contributed by atoms with Gasteiger partial charge in [-0.15, -0.1) is 0 Å². The molecule has 0 amide bonds. The molecule has 1 aliphatic heterocycles. The minimum absolute atomic E-state index is 0.233. The number of hydrogen-bond acceptors (Lipinski definition) is 4. The summed E-state index contributed by atoms with van der Waals surface area (Å²) in [4.78, 5) is 4.98. The van der Waals surface area contributed by atoms with Crippen molar-refractivity contribution < 1.29 is 4.74 Å². The zero-order chi connectivity index (χ0) is 15.5. The number of benzene rings is 1. The van der Waals surface area contributed by atoms with Crippen LogP contribution in [-0.2, 0) is 0 Å². The van der Waals surface area contributed by atoms with Gasteiger partial charge in [0.1, 0.15) is 5.75 Å². The van der Waals surface area contributed by atoms with E-state index in [1.807, 2.05) is 12.1 Å². The third kappa shape index (κ3) is 3.89. The predicted octanol–water partition coefficient (Wildman–Crippen LogP) is 2.19. The van der Waals surface area contributed by atoms with Gasteiger partial charge in [-0.3, -0.25) is 4.90 Å². The highest BCUT2D eigenvalue weighted by molar-refractivity contribution is 5.49. The second kappa shape index (κ2) is 6.67. The molecule has 1 aromatic carbocycles. The maximum absolute atomic E-state index is 6.00. The molecule has 0 radical (unpaired) electrons. The molecule has 1 saturated heterocycles. The first kappa shape index (κ1) is 16.1. The minimum Gasteiger partial charge on any atom is -0.497 e. The van der Waals surface area contributed by atoms with Crippen molar-refractivity contribution in [3.05, 3.63) is 24.3 Å². The fraction of sp³-hybridized carbons (Fsp3) is 0.647. The summed E-state index contributed by atoms with van der Waals surface area (Å²) in [5, 5.41) is 0. The van der Waals surface area contributed by atoms with E-state index < -0.39 is 0 Å². The molecule has 0 saturated carbocycles. The van der Waals surface area contributed by atoms with E-state index in [4.69, 9.17) is 10.5 Å². The Morgan fingerprint density at radius 2 is 1.67 bits per heavy atom. The third-order valence-electron chi connectivity index (χ3n) is 4.42. The van der Waals surface area contributed by atoms with Crippen LogP contribution in [0.25, 0.3) is 0 Å². The molecule has 1 atom stereocenters. The van der Waals surface area contributed by atoms with Crippen LogP contribution in [0, 0.1) is 5.41 Å². The van der Waals surface area contributed by atoms with Crippen LogP contribution >= 0.6 is 0 Å². The Bertz CT molecular complexity index is 430. The molecule has 0 aromatic heterocycles. The van der Waals surface area contributed by atoms with E-state index in [1.165, 1.54) is 5.69 Å². The normalized spacial score (nSPS) is 18.6. The molecule has 118 valence electrons. The quantitative estimate of drug-likeness (QED) is 0.923. The van der Waals surface area contributed by atoms with Gasteiger partial charge in [-0.05, 0) is 29.7 Å². The molecule has 0 spiro atoms. The molecule has 4 nitrogen and oxygen atoms in total. The summed E-state index contributed by atoms with van der Waals surface area (Å²) in [6.07, 6.45) is 0. The average molecular weight is 291 g/mol. The van der Waals surface area contributed by atoms with Gasteiger partial charge in [-0.1, -0.05) is 20.8 Å². The summed E-state index contributed by atoms with van der Waals surface area (Å²) >= 11 is 0. The Balaban J connectivity index is 1.96. The maximum Gasteiger partial charge on any atom is 0.119 e. The summed E-state index contributed by atoms with van der Waals surface area (Å²) in [6.45, 7) is 11.8. The van der Waals surface area contributed by atoms with Crippen molar-refractivity contribution in [2.24, 2.45) is 11.1 Å². The van der Waals surface area contributed by atoms with Crippen LogP contribution in [0.2, 0.25) is 0 Å². The number of piperazine rings is 1. The van der Waals surface area contributed by atoms with Crippen LogP contribution in [0.1, 0.15) is 20.8 Å². The summed E-state index contributed by atoms with van der Waals surface area (Å²) in [5.41, 5.74) is 7.51. The lowest BCUT2D eigenvalue weighted by atomic mass is 9.85. The molecule has 1 aromatic rings. The van der Waals surface area contributed by atoms with Gasteiger partial charge in [-0.25, -0.2) is 0 Å². The average Bonchev–Trinajstić information content (AvgIpc) is 2.47. The first-order valence-corrected chi connectivity index (χ1v) is 7.79. The van der Waals surface area contributed by atoms with Crippen molar-refractivity contribution >= 4 is 5.69 Å². The number of nitrogens with zero attached hydrogens (tertiary/aromatic N) is 2. The van der Waals surface area contributed by atoms with Gasteiger partial charge in [0.05, 0.1) is 7.11 Å². The van der Waals surface area contributed by atoms with Crippen LogP contribution < -0.4 is 15.4 Å². The topological polar surface area (TPSA) is 41.7 Å². The summed E-state index contributed by atoms with van der Waals surface area (Å²) in [5.74, 6) is 0.910. The number of anilines is 1. The first-order valence-electron chi connectivity index (χ1n) is 7.79. The highest BCUT2D eigenvalue weighted by Crippen LogP contribution is 2.26. The highest BCUT2D eigenvalue weighted by atomic mass is 16.5. The molecule has 1 fully saturated rings. The molecular weight excluding hydrogens is 262 g/mol. The fourth-order valence-corrected chi connectivity index (χ4v) is 3.14. The summed E-state index contributed by atoms with van der Waals surface area (Å²) in [6, 6.07) is 8.78. The van der Waals surface area contributed by atoms with Crippen molar-refractivity contribution in [3.63, 3.8) is 0 Å². The molecule has 2 rings (SSSR count). The van der Waals surface area contributed by atoms with E-state index in [0.717, 1.165) is 38.5 Å². The molecule has 1 aliphatic rings. The van der Waals surface area contributed by atoms with E-state index in [-0.39, 0.29) is 5.41 Å². The Hall–Kier alpha value is -1.26. The largest absolute Gasteiger partial charge is 0.497 e. The standard InChI is InChI=1S/C17H29N3O/c1-17(2,3)16(13-18)20-11-9-19(10-12-20)14-5-7-15(21-4)8-6-14/h5-8,16H,9-13,18H2,1-4H3. The second-order valence-electron chi connectivity index (χ2n) is 6.84. The Labute approximate surface area is 128 Å². The van der Waals surface area contributed by atoms with Crippen LogP contribution in [-0.4, -0.2) is 50.8 Å². The van der Waals surface area contributed by atoms with Gasteiger partial charge < -0.3 is 15.4 Å². The van der Waals surface area contributed by atoms with Gasteiger partial charge >= 0.3 is 0 Å². The van der Waals surface area contributed by atoms with Crippen molar-refractivity contribution in [1.29, 1.82) is 0 Å². The second-order valence-corrected chi connectivity index (χ2v) is 6.84. The summed E-state index contributed by atoms with van der Waals surface area (Å²) in [7, 11) is 1.70. The SMILES string of the molecule is COc1ccc(N2CCN(C(CN)C(C)(C)C)CC2)cc1. The number of hydrogen-bond donors (Lipinski definition) is 1. The van der Waals surface area contributed by atoms with E-state index in [2.05, 4.69) is 42.7 Å². The van der Waals surface area contributed by atoms with Crippen LogP contribution in [0.3, 0.4) is 0 Å². The summed E-state index contributed by atoms with van der Waals surface area (Å²) < 4.78 is 5.22. The third-order valence-corrected chi connectivity index (χ3v) is 4.42. The lowest BCUT2D eigenvalue weighted by molar-refractivity contribution is 0.0987. The zero-order valence-electron chi connectivity index (χ0n) is 13.8. The fourth-order valence-electron chi connectivity index (χ4n) is 3.14. The van der Waals surface area contributed by atoms with Crippen LogP contribution in [0.15, 0.2) is 24.3 Å². The monoisotopic (exact) mass is 291 g/mol. The Kier molecular flexibility index (Phi) is 5.12. The first-order chi connectivity index (χ1) is 9.95. The van der Waals surface area contributed by atoms with Gasteiger partial charge in [-0.2, -0.15) is 0 Å². The molecule has 1 heterocycles. The molecule has 0 bridgehead atoms. The minimum atomic E-state index is 0.233. The van der Waals surface area contributed by atoms with Gasteiger partial charge in [0.2, 0.25) is 0 Å². The van der Waals surface area contributed by atoms with E-state index in [1.54, 1.807) is 7.11 Å². The van der Waals surface area contributed by atoms with Crippen molar-refractivity contribution in [3.8, 4) is 5.75 Å². The molecule has 21 heavy (non-hydrogen) atoms. The van der Waals surface area contributed by atoms with E-state index in [9.17, 15) is 0 Å². The van der Waals surface area contributed by atoms with E-state index in [0.29, 0.717) is 6.04 Å². The zero-order valence-corrected chi connectivity index (χ0v) is 13.8. The predicted molar refractivity (Wildman–Crippen MR) is 89.1 cm³/mol. The highest BCUT2D eigenvalue weighted by Gasteiger charge is 2.31. The van der Waals surface area contributed by atoms with Gasteiger partial charge in [0, 0.05) is 44.5 Å². The van der Waals surface area contributed by atoms with Crippen LogP contribution in [0.4, 0.5) is 5.69 Å². The molecule has 2 N–H and O–H groups in total. The van der Waals surface area contributed by atoms with Gasteiger partial charge in [0.15, 0.2) is 0 Å². The van der Waals surface area contributed by atoms with Crippen molar-refractivity contribution in [2.45, 2.75) is 26.8 Å². The van der Waals surface area contributed by atoms with Crippen LogP contribution in [0.5, 0.6) is 5.75 Å². The lowest BCUT2D eigenvalue weighted by Crippen LogP contribution is -2.56. The van der Waals surface area contributed by atoms with E-state index >= 15 is 0 Å². The van der Waals surface area contributed by atoms with Gasteiger partial charge in [0.25, 0.3) is 0 Å². The molecule has 0 aliphatic carbocycles. The smallest absolute Gasteiger partial charge is 0.119 e. The number of methoxy groups -OCH3 is 1. The lowest BCUT2D eigenvalue weighted by Gasteiger charge is -2.44. The Morgan fingerprint density at radius 3 is 2.10 bits per heavy atom. The van der Waals surface area contributed by atoms with Crippen molar-refractivity contribution in [2.75, 3.05) is 44.7 Å². The molecule has 4 heteroatoms. The number of ether oxygens (including phenoxy) is 1.